The average Bonchev–Trinajstić information content (AvgIpc) is 2.86. The van der Waals surface area contributed by atoms with Crippen LogP contribution in [0.15, 0.2) is 12.2 Å². The van der Waals surface area contributed by atoms with Gasteiger partial charge in [0.25, 0.3) is 0 Å². The van der Waals surface area contributed by atoms with Crippen LogP contribution in [0.1, 0.15) is 59.8 Å². The fourth-order valence-corrected chi connectivity index (χ4v) is 5.32. The molecule has 2 saturated heterocycles. The molecule has 3 nitrogen and oxygen atoms in total. The maximum atomic E-state index is 12.3. The van der Waals surface area contributed by atoms with Gasteiger partial charge in [0.15, 0.2) is 0 Å². The number of fused-ring (bicyclic) bond motifs is 5. The average molecular weight is 320 g/mol. The van der Waals surface area contributed by atoms with Crippen LogP contribution in [-0.4, -0.2) is 28.7 Å². The molecule has 1 N–H and O–H groups in total. The molecule has 0 unspecified atom stereocenters. The predicted octanol–water partition coefficient (Wildman–Crippen LogP) is 3.75. The van der Waals surface area contributed by atoms with Gasteiger partial charge in [-0.25, -0.2) is 0 Å². The van der Waals surface area contributed by atoms with E-state index < -0.39 is 5.60 Å². The molecule has 3 aliphatic rings. The molecule has 130 valence electrons. The molecule has 3 rings (SSSR count). The van der Waals surface area contributed by atoms with Gasteiger partial charge in [-0.05, 0) is 50.4 Å². The first-order chi connectivity index (χ1) is 10.7. The molecule has 0 aromatic carbocycles. The number of carbonyl (C=O) groups is 1. The Labute approximate surface area is 140 Å². The number of carbonyl (C=O) groups excluding carboxylic acids is 1. The second-order valence-corrected chi connectivity index (χ2v) is 8.76. The lowest BCUT2D eigenvalue weighted by Gasteiger charge is -2.43. The van der Waals surface area contributed by atoms with E-state index in [1.54, 1.807) is 0 Å². The number of ketones is 1. The normalized spacial score (nSPS) is 47.9. The van der Waals surface area contributed by atoms with Crippen LogP contribution in [0.25, 0.3) is 0 Å². The van der Waals surface area contributed by atoms with Gasteiger partial charge in [0, 0.05) is 18.3 Å². The standard InChI is InChI=1S/C20H32O3/c1-11(2)14-7-6-12(3)17-16-10-13(4)15(21)8-9-20(5,22)19(23-16)18(14)17/h11,13-14,16-19,22H,3,6-10H2,1-2,4-5H3/t13-,14-,16-,17-,18-,19-,20-/m1/s1. The van der Waals surface area contributed by atoms with Crippen molar-refractivity contribution in [2.24, 2.45) is 29.6 Å². The van der Waals surface area contributed by atoms with Gasteiger partial charge in [0.2, 0.25) is 0 Å². The highest BCUT2D eigenvalue weighted by atomic mass is 16.5. The number of hydrogen-bond acceptors (Lipinski definition) is 3. The van der Waals surface area contributed by atoms with Crippen LogP contribution in [0, 0.1) is 29.6 Å². The van der Waals surface area contributed by atoms with E-state index in [-0.39, 0.29) is 23.9 Å². The highest BCUT2D eigenvalue weighted by Crippen LogP contribution is 2.54. The van der Waals surface area contributed by atoms with Gasteiger partial charge in [0.05, 0.1) is 17.8 Å². The minimum Gasteiger partial charge on any atom is -0.387 e. The third kappa shape index (κ3) is 2.91. The summed E-state index contributed by atoms with van der Waals surface area (Å²) < 4.78 is 6.45. The van der Waals surface area contributed by atoms with Crippen molar-refractivity contribution in [3.63, 3.8) is 0 Å². The summed E-state index contributed by atoms with van der Waals surface area (Å²) in [5.74, 6) is 2.08. The molecular weight excluding hydrogens is 288 g/mol. The smallest absolute Gasteiger partial charge is 0.135 e. The van der Waals surface area contributed by atoms with Crippen LogP contribution < -0.4 is 0 Å². The lowest BCUT2D eigenvalue weighted by molar-refractivity contribution is -0.126. The summed E-state index contributed by atoms with van der Waals surface area (Å²) in [6, 6.07) is 0. The van der Waals surface area contributed by atoms with Crippen LogP contribution in [0.2, 0.25) is 0 Å². The van der Waals surface area contributed by atoms with Crippen molar-refractivity contribution < 1.29 is 14.6 Å². The third-order valence-corrected chi connectivity index (χ3v) is 6.73. The van der Waals surface area contributed by atoms with E-state index in [1.165, 1.54) is 5.57 Å². The lowest BCUT2D eigenvalue weighted by Crippen LogP contribution is -2.48. The maximum absolute atomic E-state index is 12.3. The van der Waals surface area contributed by atoms with Crippen molar-refractivity contribution in [2.75, 3.05) is 0 Å². The minimum absolute atomic E-state index is 0.0144. The Bertz CT molecular complexity index is 493. The molecule has 3 heteroatoms. The molecule has 0 aromatic rings. The van der Waals surface area contributed by atoms with E-state index in [1.807, 2.05) is 13.8 Å². The summed E-state index contributed by atoms with van der Waals surface area (Å²) in [6.45, 7) is 12.8. The van der Waals surface area contributed by atoms with Crippen molar-refractivity contribution in [3.05, 3.63) is 12.2 Å². The molecule has 7 atom stereocenters. The Morgan fingerprint density at radius 3 is 2.70 bits per heavy atom. The fourth-order valence-electron chi connectivity index (χ4n) is 5.32. The number of ether oxygens (including phenoxy) is 1. The van der Waals surface area contributed by atoms with E-state index in [0.717, 1.165) is 19.3 Å². The van der Waals surface area contributed by atoms with E-state index in [2.05, 4.69) is 20.4 Å². The molecule has 3 fully saturated rings. The van der Waals surface area contributed by atoms with Crippen LogP contribution in [0.5, 0.6) is 0 Å². The first kappa shape index (κ1) is 17.2. The molecular formula is C20H32O3. The van der Waals surface area contributed by atoms with Crippen molar-refractivity contribution in [2.45, 2.75) is 77.6 Å². The number of Topliss-reactive ketones (excluding diaryl/α,β-unsaturated/α-hetero) is 1. The summed E-state index contributed by atoms with van der Waals surface area (Å²) in [6.07, 6.45) is 3.83. The van der Waals surface area contributed by atoms with Crippen molar-refractivity contribution in [1.82, 2.24) is 0 Å². The van der Waals surface area contributed by atoms with Crippen LogP contribution in [0.3, 0.4) is 0 Å². The number of hydrogen-bond donors (Lipinski definition) is 1. The Hall–Kier alpha value is -0.670. The summed E-state index contributed by atoms with van der Waals surface area (Å²) >= 11 is 0. The molecule has 2 bridgehead atoms. The number of aliphatic hydroxyl groups is 1. The molecule has 0 amide bonds. The molecule has 0 aromatic heterocycles. The monoisotopic (exact) mass is 320 g/mol. The Morgan fingerprint density at radius 1 is 1.35 bits per heavy atom. The van der Waals surface area contributed by atoms with E-state index >= 15 is 0 Å². The first-order valence-electron chi connectivity index (χ1n) is 9.30. The molecule has 0 radical (unpaired) electrons. The lowest BCUT2D eigenvalue weighted by atomic mass is 9.61. The van der Waals surface area contributed by atoms with E-state index in [9.17, 15) is 9.90 Å². The molecule has 0 spiro atoms. The van der Waals surface area contributed by atoms with Crippen LogP contribution in [-0.2, 0) is 9.53 Å². The quantitative estimate of drug-likeness (QED) is 0.749. The second kappa shape index (κ2) is 6.00. The first-order valence-corrected chi connectivity index (χ1v) is 9.30. The highest BCUT2D eigenvalue weighted by Gasteiger charge is 2.57. The maximum Gasteiger partial charge on any atom is 0.135 e. The Kier molecular flexibility index (Phi) is 4.48. The van der Waals surface area contributed by atoms with Gasteiger partial charge in [-0.15, -0.1) is 0 Å². The van der Waals surface area contributed by atoms with Crippen LogP contribution in [0.4, 0.5) is 0 Å². The molecule has 1 aliphatic carbocycles. The van der Waals surface area contributed by atoms with Gasteiger partial charge in [-0.3, -0.25) is 4.79 Å². The molecule has 2 heterocycles. The summed E-state index contributed by atoms with van der Waals surface area (Å²) in [4.78, 5) is 12.3. The zero-order valence-corrected chi connectivity index (χ0v) is 15.0. The van der Waals surface area contributed by atoms with Gasteiger partial charge < -0.3 is 9.84 Å². The largest absolute Gasteiger partial charge is 0.387 e. The minimum atomic E-state index is -0.928. The van der Waals surface area contributed by atoms with E-state index in [4.69, 9.17) is 4.74 Å². The summed E-state index contributed by atoms with van der Waals surface area (Å²) in [5.41, 5.74) is 0.345. The summed E-state index contributed by atoms with van der Waals surface area (Å²) in [5, 5.41) is 11.1. The zero-order valence-electron chi connectivity index (χ0n) is 15.0. The summed E-state index contributed by atoms with van der Waals surface area (Å²) in [7, 11) is 0. The van der Waals surface area contributed by atoms with Gasteiger partial charge >= 0.3 is 0 Å². The molecule has 1 saturated carbocycles. The van der Waals surface area contributed by atoms with Crippen molar-refractivity contribution in [1.29, 1.82) is 0 Å². The van der Waals surface area contributed by atoms with Crippen molar-refractivity contribution in [3.8, 4) is 0 Å². The van der Waals surface area contributed by atoms with Crippen molar-refractivity contribution >= 4 is 5.78 Å². The van der Waals surface area contributed by atoms with Gasteiger partial charge in [0.1, 0.15) is 5.78 Å². The van der Waals surface area contributed by atoms with E-state index in [0.29, 0.717) is 36.5 Å². The van der Waals surface area contributed by atoms with Gasteiger partial charge in [-0.2, -0.15) is 0 Å². The predicted molar refractivity (Wildman–Crippen MR) is 91.0 cm³/mol. The molecule has 2 aliphatic heterocycles. The highest BCUT2D eigenvalue weighted by molar-refractivity contribution is 5.80. The topological polar surface area (TPSA) is 46.5 Å². The molecule has 23 heavy (non-hydrogen) atoms. The Balaban J connectivity index is 2.01. The number of rotatable bonds is 1. The SMILES string of the molecule is C=C1CC[C@H](C(C)C)[C@@H]2[C@H]1[C@H]1C[C@@H](C)C(=O)CC[C@@](C)(O)[C@@H]2O1. The zero-order chi connectivity index (χ0) is 16.9. The Morgan fingerprint density at radius 2 is 2.04 bits per heavy atom. The fraction of sp³-hybridized carbons (Fsp3) is 0.850. The second-order valence-electron chi connectivity index (χ2n) is 8.76. The third-order valence-electron chi connectivity index (χ3n) is 6.73. The van der Waals surface area contributed by atoms with Crippen LogP contribution >= 0.6 is 0 Å². The van der Waals surface area contributed by atoms with Gasteiger partial charge in [-0.1, -0.05) is 32.9 Å².